The van der Waals surface area contributed by atoms with Crippen LogP contribution in [0.4, 0.5) is 0 Å². The minimum Gasteiger partial charge on any atom is -0.461 e. The number of nitrogens with zero attached hydrogens (tertiary/aromatic N) is 3. The molecular weight excluding hydrogens is 554 g/mol. The van der Waals surface area contributed by atoms with Gasteiger partial charge >= 0.3 is 0 Å². The molecule has 5 heteroatoms. The number of aromatic nitrogens is 3. The molecule has 0 saturated carbocycles. The number of para-hydroxylation sites is 1. The van der Waals surface area contributed by atoms with Gasteiger partial charge in [-0.15, -0.1) is 0 Å². The summed E-state index contributed by atoms with van der Waals surface area (Å²) >= 11 is 0. The normalized spacial score (nSPS) is 12.3. The molecule has 4 aromatic carbocycles. The third-order valence-electron chi connectivity index (χ3n) is 8.03. The van der Waals surface area contributed by atoms with Crippen molar-refractivity contribution in [3.63, 3.8) is 0 Å². The molecule has 7 rings (SSSR count). The Morgan fingerprint density at radius 3 is 1.96 bits per heavy atom. The lowest BCUT2D eigenvalue weighted by molar-refractivity contribution is 0.577. The Morgan fingerprint density at radius 1 is 0.711 bits per heavy atom. The quantitative estimate of drug-likeness (QED) is 0.166. The monoisotopic (exact) mass is 585 g/mol. The molecule has 218 valence electrons. The van der Waals surface area contributed by atoms with Crippen LogP contribution in [0.5, 0.6) is 0 Å². The van der Waals surface area contributed by atoms with E-state index in [-0.39, 0.29) is 0 Å². The van der Waals surface area contributed by atoms with Crippen LogP contribution >= 0.6 is 0 Å². The van der Waals surface area contributed by atoms with Gasteiger partial charge in [0, 0.05) is 38.4 Å². The first-order valence-electron chi connectivity index (χ1n) is 15.0. The highest BCUT2D eigenvalue weighted by molar-refractivity contribution is 6.10. The lowest BCUT2D eigenvalue weighted by Crippen LogP contribution is -2.02. The van der Waals surface area contributed by atoms with Gasteiger partial charge < -0.3 is 8.83 Å². The van der Waals surface area contributed by atoms with Crippen molar-refractivity contribution < 1.29 is 8.83 Å². The highest BCUT2D eigenvalue weighted by atomic mass is 16.3. The van der Waals surface area contributed by atoms with Crippen molar-refractivity contribution in [1.82, 2.24) is 15.0 Å². The highest BCUT2D eigenvalue weighted by Gasteiger charge is 2.16. The van der Waals surface area contributed by atoms with E-state index in [1.165, 1.54) is 0 Å². The van der Waals surface area contributed by atoms with Crippen LogP contribution in [0.25, 0.3) is 67.3 Å². The minimum atomic E-state index is 0.534. The topological polar surface area (TPSA) is 65.0 Å². The molecule has 0 bridgehead atoms. The second-order valence-electron chi connectivity index (χ2n) is 10.9. The lowest BCUT2D eigenvalue weighted by atomic mass is 9.98. The van der Waals surface area contributed by atoms with Gasteiger partial charge in [0.05, 0.1) is 0 Å². The van der Waals surface area contributed by atoms with Crippen LogP contribution in [0.2, 0.25) is 0 Å². The fourth-order valence-corrected chi connectivity index (χ4v) is 5.66. The van der Waals surface area contributed by atoms with Crippen LogP contribution in [-0.4, -0.2) is 15.0 Å². The summed E-state index contributed by atoms with van der Waals surface area (Å²) in [5.41, 5.74) is 8.02. The van der Waals surface area contributed by atoms with E-state index >= 15 is 0 Å². The van der Waals surface area contributed by atoms with Crippen LogP contribution in [0, 0.1) is 6.92 Å². The number of aryl methyl sites for hydroxylation is 1. The molecule has 0 saturated heterocycles. The predicted molar refractivity (Wildman–Crippen MR) is 185 cm³/mol. The number of fused-ring (bicyclic) bond motifs is 4. The van der Waals surface area contributed by atoms with Gasteiger partial charge in [0.1, 0.15) is 22.5 Å². The number of hydrogen-bond donors (Lipinski definition) is 0. The van der Waals surface area contributed by atoms with Crippen molar-refractivity contribution in [2.24, 2.45) is 0 Å². The molecule has 0 fully saturated rings. The number of allylic oxidation sites excluding steroid dienone is 5. The lowest BCUT2D eigenvalue weighted by Gasteiger charge is -2.10. The van der Waals surface area contributed by atoms with Crippen LogP contribution in [0.3, 0.4) is 0 Å². The molecule has 0 spiro atoms. The summed E-state index contributed by atoms with van der Waals surface area (Å²) in [5.74, 6) is 2.57. The maximum Gasteiger partial charge on any atom is 0.164 e. The minimum absolute atomic E-state index is 0.534. The molecule has 0 aliphatic carbocycles. The zero-order valence-corrected chi connectivity index (χ0v) is 25.2. The Balaban J connectivity index is 1.30. The third-order valence-corrected chi connectivity index (χ3v) is 8.03. The molecule has 0 aliphatic heterocycles. The van der Waals surface area contributed by atoms with Crippen molar-refractivity contribution >= 4 is 44.6 Å². The number of hydrogen-bond acceptors (Lipinski definition) is 5. The van der Waals surface area contributed by atoms with E-state index in [0.29, 0.717) is 17.5 Å². The SMILES string of the molecule is C=C/C(=C\C(=C)/C(=C/c1c(C)oc2cc3c(cc12)oc1ccccc13)CC)c1nc(-c2ccccc2)nc(-c2ccccc2)n1. The average Bonchev–Trinajstić information content (AvgIpc) is 3.60. The van der Waals surface area contributed by atoms with Gasteiger partial charge in [-0.05, 0) is 54.8 Å². The fourth-order valence-electron chi connectivity index (χ4n) is 5.66. The molecular formula is C40H31N3O2. The summed E-state index contributed by atoms with van der Waals surface area (Å²) < 4.78 is 12.4. The van der Waals surface area contributed by atoms with Crippen molar-refractivity contribution in [3.05, 3.63) is 151 Å². The Morgan fingerprint density at radius 2 is 1.31 bits per heavy atom. The Kier molecular flexibility index (Phi) is 7.28. The van der Waals surface area contributed by atoms with Gasteiger partial charge in [0.15, 0.2) is 17.5 Å². The van der Waals surface area contributed by atoms with Crippen LogP contribution in [-0.2, 0) is 0 Å². The second kappa shape index (κ2) is 11.7. The Hall–Kier alpha value is -5.81. The molecule has 0 atom stereocenters. The Labute approximate surface area is 261 Å². The summed E-state index contributed by atoms with van der Waals surface area (Å²) in [7, 11) is 0. The van der Waals surface area contributed by atoms with Crippen molar-refractivity contribution in [3.8, 4) is 22.8 Å². The average molecular weight is 586 g/mol. The zero-order chi connectivity index (χ0) is 30.9. The molecule has 0 N–H and O–H groups in total. The summed E-state index contributed by atoms with van der Waals surface area (Å²) in [6.45, 7) is 12.7. The standard InChI is InChI=1S/C40H31N3O2/c1-5-27(22-32-26(4)44-36-23-33-31-19-13-14-20-35(31)45-37(33)24-34(32)36)25(3)21-28(6-2)38-41-39(29-15-9-7-10-16-29)43-40(42-38)30-17-11-8-12-18-30/h6-24H,2-3,5H2,1,4H3/b27-22+,28-21+. The van der Waals surface area contributed by atoms with Crippen molar-refractivity contribution in [1.29, 1.82) is 0 Å². The van der Waals surface area contributed by atoms with E-state index in [4.69, 9.17) is 23.8 Å². The Bertz CT molecular complexity index is 2230. The van der Waals surface area contributed by atoms with Crippen LogP contribution in [0.1, 0.15) is 30.5 Å². The summed E-state index contributed by atoms with van der Waals surface area (Å²) in [6.07, 6.45) is 6.69. The maximum absolute atomic E-state index is 6.26. The van der Waals surface area contributed by atoms with Crippen LogP contribution in [0.15, 0.2) is 142 Å². The molecule has 0 amide bonds. The summed E-state index contributed by atoms with van der Waals surface area (Å²) in [5, 5.41) is 3.13. The van der Waals surface area contributed by atoms with Gasteiger partial charge in [0.25, 0.3) is 0 Å². The third kappa shape index (κ3) is 5.30. The first-order chi connectivity index (χ1) is 22.0. The molecule has 7 aromatic rings. The van der Waals surface area contributed by atoms with E-state index in [2.05, 4.69) is 44.4 Å². The van der Waals surface area contributed by atoms with E-state index in [9.17, 15) is 0 Å². The van der Waals surface area contributed by atoms with Gasteiger partial charge in [-0.2, -0.15) is 0 Å². The summed E-state index contributed by atoms with van der Waals surface area (Å²) in [4.78, 5) is 14.5. The molecule has 0 radical (unpaired) electrons. The van der Waals surface area contributed by atoms with Gasteiger partial charge in [-0.3, -0.25) is 0 Å². The van der Waals surface area contributed by atoms with E-state index in [1.807, 2.05) is 91.9 Å². The van der Waals surface area contributed by atoms with Crippen molar-refractivity contribution in [2.75, 3.05) is 0 Å². The zero-order valence-electron chi connectivity index (χ0n) is 25.2. The van der Waals surface area contributed by atoms with E-state index < -0.39 is 0 Å². The molecule has 0 unspecified atom stereocenters. The fraction of sp³-hybridized carbons (Fsp3) is 0.0750. The number of benzene rings is 4. The van der Waals surface area contributed by atoms with Gasteiger partial charge in [-0.25, -0.2) is 15.0 Å². The van der Waals surface area contributed by atoms with E-state index in [1.54, 1.807) is 6.08 Å². The predicted octanol–water partition coefficient (Wildman–Crippen LogP) is 10.8. The van der Waals surface area contributed by atoms with Crippen LogP contribution < -0.4 is 0 Å². The molecule has 45 heavy (non-hydrogen) atoms. The molecule has 3 aromatic heterocycles. The largest absolute Gasteiger partial charge is 0.461 e. The van der Waals surface area contributed by atoms with Gasteiger partial charge in [-0.1, -0.05) is 105 Å². The van der Waals surface area contributed by atoms with E-state index in [0.717, 1.165) is 78.5 Å². The summed E-state index contributed by atoms with van der Waals surface area (Å²) in [6, 6.07) is 32.1. The van der Waals surface area contributed by atoms with Gasteiger partial charge in [0.2, 0.25) is 0 Å². The first kappa shape index (κ1) is 28.0. The molecule has 0 aliphatic rings. The smallest absolute Gasteiger partial charge is 0.164 e. The second-order valence-corrected chi connectivity index (χ2v) is 10.9. The number of furan rings is 2. The molecule has 3 heterocycles. The number of rotatable bonds is 8. The first-order valence-corrected chi connectivity index (χ1v) is 15.0. The maximum atomic E-state index is 6.26. The highest BCUT2D eigenvalue weighted by Crippen LogP contribution is 2.37. The van der Waals surface area contributed by atoms with Crippen molar-refractivity contribution in [2.45, 2.75) is 20.3 Å². The molecule has 5 nitrogen and oxygen atoms in total.